The molecule has 3 heterocycles. The predicted octanol–water partition coefficient (Wildman–Crippen LogP) is 1.95. The van der Waals surface area contributed by atoms with Crippen molar-refractivity contribution in [2.45, 2.75) is 25.7 Å². The number of amides is 3. The fraction of sp³-hybridized carbons (Fsp3) is 0.217. The van der Waals surface area contributed by atoms with E-state index in [4.69, 9.17) is 5.73 Å². The Morgan fingerprint density at radius 2 is 1.84 bits per heavy atom. The Balaban J connectivity index is 1.76. The van der Waals surface area contributed by atoms with E-state index in [1.54, 1.807) is 23.0 Å². The number of hydrogen-bond donors (Lipinski definition) is 2. The van der Waals surface area contributed by atoms with Gasteiger partial charge >= 0.3 is 0 Å². The summed E-state index contributed by atoms with van der Waals surface area (Å²) in [6.07, 6.45) is 1.57. The van der Waals surface area contributed by atoms with Crippen LogP contribution in [-0.4, -0.2) is 34.0 Å². The molecule has 0 bridgehead atoms. The molecule has 5 rings (SSSR count). The van der Waals surface area contributed by atoms with Crippen LogP contribution >= 0.6 is 0 Å². The lowest BCUT2D eigenvalue weighted by Gasteiger charge is -2.32. The first kappa shape index (κ1) is 19.0. The Bertz CT molecular complexity index is 1280. The third-order valence-corrected chi connectivity index (χ3v) is 6.30. The second-order valence-corrected chi connectivity index (χ2v) is 8.04. The van der Waals surface area contributed by atoms with Gasteiger partial charge < -0.3 is 16.0 Å². The Kier molecular flexibility index (Phi) is 4.01. The molecule has 0 aliphatic carbocycles. The molecule has 2 aromatic carbocycles. The minimum absolute atomic E-state index is 0.0659. The number of primary amides is 1. The highest BCUT2D eigenvalue weighted by Gasteiger charge is 2.57. The molecule has 0 radical (unpaired) electrons. The van der Waals surface area contributed by atoms with E-state index in [0.717, 1.165) is 16.8 Å². The minimum atomic E-state index is -1.25. The lowest BCUT2D eigenvalue weighted by molar-refractivity contribution is -0.127. The van der Waals surface area contributed by atoms with Gasteiger partial charge in [0.25, 0.3) is 0 Å². The lowest BCUT2D eigenvalue weighted by atomic mass is 9.72. The second kappa shape index (κ2) is 6.53. The molecule has 1 atom stereocenters. The number of fused-ring (bicyclic) bond motifs is 4. The summed E-state index contributed by atoms with van der Waals surface area (Å²) < 4.78 is 1.67. The van der Waals surface area contributed by atoms with Gasteiger partial charge in [0.05, 0.1) is 11.9 Å². The molecule has 8 nitrogen and oxygen atoms in total. The van der Waals surface area contributed by atoms with Crippen molar-refractivity contribution in [3.8, 4) is 5.69 Å². The van der Waals surface area contributed by atoms with Crippen LogP contribution in [0.2, 0.25) is 0 Å². The van der Waals surface area contributed by atoms with E-state index >= 15 is 0 Å². The zero-order valence-corrected chi connectivity index (χ0v) is 17.2. The third-order valence-electron chi connectivity index (χ3n) is 6.30. The van der Waals surface area contributed by atoms with Gasteiger partial charge in [0.2, 0.25) is 17.7 Å². The number of carbonyl (C=O) groups excluding carboxylic acids is 3. The molecule has 0 unspecified atom stereocenters. The normalized spacial score (nSPS) is 19.4. The van der Waals surface area contributed by atoms with Gasteiger partial charge in [-0.2, -0.15) is 5.10 Å². The summed E-state index contributed by atoms with van der Waals surface area (Å²) >= 11 is 0. The van der Waals surface area contributed by atoms with Crippen molar-refractivity contribution < 1.29 is 14.4 Å². The number of aryl methyl sites for hydroxylation is 1. The number of aromatic nitrogens is 2. The summed E-state index contributed by atoms with van der Waals surface area (Å²) in [5.41, 5.74) is 8.98. The van der Waals surface area contributed by atoms with Crippen LogP contribution in [0.4, 0.5) is 11.5 Å². The van der Waals surface area contributed by atoms with Crippen LogP contribution in [0.15, 0.2) is 48.7 Å². The zero-order chi connectivity index (χ0) is 21.9. The van der Waals surface area contributed by atoms with E-state index in [2.05, 4.69) is 10.4 Å². The monoisotopic (exact) mass is 415 g/mol. The molecular weight excluding hydrogens is 394 g/mol. The number of nitrogens with two attached hydrogens (primary N) is 1. The molecule has 0 fully saturated rings. The smallest absolute Gasteiger partial charge is 0.243 e. The maximum atomic E-state index is 13.8. The maximum absolute atomic E-state index is 13.8. The second-order valence-electron chi connectivity index (χ2n) is 8.04. The van der Waals surface area contributed by atoms with Crippen LogP contribution in [-0.2, 0) is 19.8 Å². The Morgan fingerprint density at radius 3 is 2.61 bits per heavy atom. The van der Waals surface area contributed by atoms with Gasteiger partial charge in [0.15, 0.2) is 0 Å². The van der Waals surface area contributed by atoms with Gasteiger partial charge in [0.1, 0.15) is 17.8 Å². The molecule has 156 valence electrons. The molecule has 8 heteroatoms. The summed E-state index contributed by atoms with van der Waals surface area (Å²) in [7, 11) is 0. The van der Waals surface area contributed by atoms with E-state index in [9.17, 15) is 14.4 Å². The average molecular weight is 415 g/mol. The number of hydrogen-bond acceptors (Lipinski definition) is 4. The zero-order valence-electron chi connectivity index (χ0n) is 17.2. The van der Waals surface area contributed by atoms with Gasteiger partial charge in [0, 0.05) is 17.7 Å². The molecule has 3 N–H and O–H groups in total. The van der Waals surface area contributed by atoms with Crippen LogP contribution < -0.4 is 16.0 Å². The molecule has 1 spiro atoms. The van der Waals surface area contributed by atoms with Crippen LogP contribution in [0.3, 0.4) is 0 Å². The first-order valence-electron chi connectivity index (χ1n) is 9.99. The number of anilines is 2. The quantitative estimate of drug-likeness (QED) is 0.681. The van der Waals surface area contributed by atoms with Crippen molar-refractivity contribution in [3.63, 3.8) is 0 Å². The third kappa shape index (κ3) is 2.54. The minimum Gasteiger partial charge on any atom is -0.368 e. The fourth-order valence-electron chi connectivity index (χ4n) is 4.71. The molecule has 3 amide bonds. The first-order chi connectivity index (χ1) is 14.8. The van der Waals surface area contributed by atoms with E-state index in [-0.39, 0.29) is 24.8 Å². The summed E-state index contributed by atoms with van der Waals surface area (Å²) in [5.74, 6) is -0.784. The number of carbonyl (C=O) groups is 3. The highest BCUT2D eigenvalue weighted by atomic mass is 16.2. The van der Waals surface area contributed by atoms with Crippen molar-refractivity contribution in [2.75, 3.05) is 16.8 Å². The Morgan fingerprint density at radius 1 is 1.10 bits per heavy atom. The SMILES string of the molecule is Cc1cccc(-n2ncc3c2NC(=O)C[C@]32C(=O)N(CC(N)=O)c3ccccc32)c1C. The molecule has 0 saturated carbocycles. The number of benzene rings is 2. The van der Waals surface area contributed by atoms with Crippen molar-refractivity contribution in [3.05, 3.63) is 70.9 Å². The van der Waals surface area contributed by atoms with Gasteiger partial charge in [-0.1, -0.05) is 30.3 Å². The van der Waals surface area contributed by atoms with Crippen LogP contribution in [0.1, 0.15) is 28.7 Å². The van der Waals surface area contributed by atoms with E-state index in [1.807, 2.05) is 44.2 Å². The Labute approximate surface area is 178 Å². The van der Waals surface area contributed by atoms with Gasteiger partial charge in [-0.3, -0.25) is 14.4 Å². The van der Waals surface area contributed by atoms with Gasteiger partial charge in [-0.05, 0) is 42.7 Å². The molecule has 0 saturated heterocycles. The summed E-state index contributed by atoms with van der Waals surface area (Å²) in [5, 5.41) is 7.47. The Hall–Kier alpha value is -3.94. The highest BCUT2D eigenvalue weighted by molar-refractivity contribution is 6.17. The molecule has 1 aromatic heterocycles. The number of nitrogens with one attached hydrogen (secondary N) is 1. The van der Waals surface area contributed by atoms with Crippen molar-refractivity contribution in [1.82, 2.24) is 9.78 Å². The van der Waals surface area contributed by atoms with Crippen molar-refractivity contribution in [1.29, 1.82) is 0 Å². The van der Waals surface area contributed by atoms with Crippen molar-refractivity contribution in [2.24, 2.45) is 5.73 Å². The standard InChI is InChI=1S/C23H21N5O3/c1-13-6-5-9-17(14(13)2)28-21-16(11-25-28)23(10-20(30)26-21)15-7-3-4-8-18(15)27(22(23)31)12-19(24)29/h3-9,11H,10,12H2,1-2H3,(H2,24,29)(H,26,30)/t23-/m1/s1. The lowest BCUT2D eigenvalue weighted by Crippen LogP contribution is -2.48. The highest BCUT2D eigenvalue weighted by Crippen LogP contribution is 2.52. The molecule has 2 aliphatic heterocycles. The molecule has 3 aromatic rings. The number of nitrogens with zero attached hydrogens (tertiary/aromatic N) is 3. The molecular formula is C23H21N5O3. The van der Waals surface area contributed by atoms with Gasteiger partial charge in [-0.15, -0.1) is 0 Å². The summed E-state index contributed by atoms with van der Waals surface area (Å²) in [6.45, 7) is 3.75. The van der Waals surface area contributed by atoms with Crippen LogP contribution in [0.5, 0.6) is 0 Å². The van der Waals surface area contributed by atoms with E-state index in [0.29, 0.717) is 22.6 Å². The van der Waals surface area contributed by atoms with E-state index < -0.39 is 11.3 Å². The molecule has 31 heavy (non-hydrogen) atoms. The van der Waals surface area contributed by atoms with Crippen LogP contribution in [0.25, 0.3) is 5.69 Å². The molecule has 2 aliphatic rings. The van der Waals surface area contributed by atoms with Crippen molar-refractivity contribution >= 4 is 29.2 Å². The summed E-state index contributed by atoms with van der Waals surface area (Å²) in [4.78, 5) is 39.7. The maximum Gasteiger partial charge on any atom is 0.243 e. The van der Waals surface area contributed by atoms with E-state index in [1.165, 1.54) is 4.90 Å². The number of para-hydroxylation sites is 1. The largest absolute Gasteiger partial charge is 0.368 e. The number of rotatable bonds is 3. The van der Waals surface area contributed by atoms with Gasteiger partial charge in [-0.25, -0.2) is 4.68 Å². The topological polar surface area (TPSA) is 110 Å². The fourth-order valence-corrected chi connectivity index (χ4v) is 4.71. The average Bonchev–Trinajstić information content (AvgIpc) is 3.24. The predicted molar refractivity (Wildman–Crippen MR) is 115 cm³/mol. The summed E-state index contributed by atoms with van der Waals surface area (Å²) in [6, 6.07) is 13.1. The first-order valence-corrected chi connectivity index (χ1v) is 9.99. The van der Waals surface area contributed by atoms with Crippen LogP contribution in [0, 0.1) is 13.8 Å².